The lowest BCUT2D eigenvalue weighted by atomic mass is 9.98. The van der Waals surface area contributed by atoms with E-state index in [1.54, 1.807) is 15.7 Å². The summed E-state index contributed by atoms with van der Waals surface area (Å²) in [5.74, 6) is 2.64. The quantitative estimate of drug-likeness (QED) is 0.714. The number of nitrogens with zero attached hydrogens (tertiary/aromatic N) is 2. The van der Waals surface area contributed by atoms with Crippen LogP contribution in [0.1, 0.15) is 32.6 Å². The molecule has 2 heterocycles. The zero-order chi connectivity index (χ0) is 15.3. The van der Waals surface area contributed by atoms with Crippen molar-refractivity contribution in [3.63, 3.8) is 0 Å². The molecule has 2 aliphatic rings. The second-order valence-electron chi connectivity index (χ2n) is 6.09. The van der Waals surface area contributed by atoms with Crippen LogP contribution < -0.4 is 5.32 Å². The number of nitrogens with one attached hydrogen (secondary N) is 1. The predicted octanol–water partition coefficient (Wildman–Crippen LogP) is 1.38. The summed E-state index contributed by atoms with van der Waals surface area (Å²) >= 11 is 1.85. The van der Waals surface area contributed by atoms with Crippen molar-refractivity contribution in [2.75, 3.05) is 44.7 Å². The topological polar surface area (TPSA) is 52.7 Å². The van der Waals surface area contributed by atoms with Gasteiger partial charge in [-0.2, -0.15) is 28.8 Å². The van der Waals surface area contributed by atoms with Gasteiger partial charge < -0.3 is 5.32 Å². The zero-order valence-electron chi connectivity index (χ0n) is 13.3. The van der Waals surface area contributed by atoms with Gasteiger partial charge in [0, 0.05) is 31.9 Å². The van der Waals surface area contributed by atoms with Crippen molar-refractivity contribution in [2.24, 2.45) is 5.92 Å². The highest BCUT2D eigenvalue weighted by Crippen LogP contribution is 2.26. The Kier molecular flexibility index (Phi) is 6.80. The van der Waals surface area contributed by atoms with Crippen LogP contribution in [0.15, 0.2) is 0 Å². The first-order chi connectivity index (χ1) is 10.1. The number of piperidine rings is 1. The Labute approximate surface area is 134 Å². The SMILES string of the molecule is CCCNCC1CCN(S(=O)(=O)N(C)C2CCSC2)CC1. The first kappa shape index (κ1) is 17.5. The minimum atomic E-state index is -3.26. The third kappa shape index (κ3) is 4.58. The van der Waals surface area contributed by atoms with Crippen molar-refractivity contribution in [3.05, 3.63) is 0 Å². The van der Waals surface area contributed by atoms with Gasteiger partial charge in [0.2, 0.25) is 0 Å². The van der Waals surface area contributed by atoms with Gasteiger partial charge in [-0.15, -0.1) is 0 Å². The third-order valence-electron chi connectivity index (χ3n) is 4.54. The zero-order valence-corrected chi connectivity index (χ0v) is 14.9. The molecule has 2 saturated heterocycles. The number of hydrogen-bond donors (Lipinski definition) is 1. The number of hydrogen-bond acceptors (Lipinski definition) is 4. The Hall–Kier alpha value is 0.180. The molecule has 0 aromatic heterocycles. The monoisotopic (exact) mass is 335 g/mol. The average molecular weight is 336 g/mol. The maximum Gasteiger partial charge on any atom is 0.282 e. The van der Waals surface area contributed by atoms with Gasteiger partial charge in [-0.1, -0.05) is 6.92 Å². The molecule has 0 radical (unpaired) electrons. The van der Waals surface area contributed by atoms with Crippen LogP contribution in [0.25, 0.3) is 0 Å². The molecule has 2 fully saturated rings. The standard InChI is InChI=1S/C14H29N3O2S2/c1-3-7-15-11-13-4-8-17(9-5-13)21(18,19)16(2)14-6-10-20-12-14/h13-15H,3-12H2,1-2H3. The summed E-state index contributed by atoms with van der Waals surface area (Å²) in [7, 11) is -1.51. The van der Waals surface area contributed by atoms with E-state index in [0.717, 1.165) is 50.3 Å². The van der Waals surface area contributed by atoms with Crippen LogP contribution in [0.5, 0.6) is 0 Å². The maximum atomic E-state index is 12.7. The minimum absolute atomic E-state index is 0.184. The molecule has 0 amide bonds. The van der Waals surface area contributed by atoms with E-state index in [4.69, 9.17) is 0 Å². The molecule has 2 aliphatic heterocycles. The fraction of sp³-hybridized carbons (Fsp3) is 1.00. The van der Waals surface area contributed by atoms with Gasteiger partial charge in [-0.25, -0.2) is 0 Å². The Morgan fingerprint density at radius 2 is 2.00 bits per heavy atom. The summed E-state index contributed by atoms with van der Waals surface area (Å²) in [5, 5.41) is 3.44. The van der Waals surface area contributed by atoms with Crippen LogP contribution in [-0.4, -0.2) is 67.8 Å². The van der Waals surface area contributed by atoms with Crippen molar-refractivity contribution in [1.82, 2.24) is 13.9 Å². The van der Waals surface area contributed by atoms with E-state index in [-0.39, 0.29) is 6.04 Å². The molecule has 0 aromatic carbocycles. The average Bonchev–Trinajstić information content (AvgIpc) is 3.01. The van der Waals surface area contributed by atoms with E-state index in [0.29, 0.717) is 19.0 Å². The summed E-state index contributed by atoms with van der Waals surface area (Å²) in [6.07, 6.45) is 4.08. The first-order valence-electron chi connectivity index (χ1n) is 8.07. The van der Waals surface area contributed by atoms with Crippen LogP contribution in [0, 0.1) is 5.92 Å². The largest absolute Gasteiger partial charge is 0.316 e. The molecule has 1 unspecified atom stereocenters. The summed E-state index contributed by atoms with van der Waals surface area (Å²) in [4.78, 5) is 0. The molecule has 0 aliphatic carbocycles. The molecule has 5 nitrogen and oxygen atoms in total. The van der Waals surface area contributed by atoms with Crippen molar-refractivity contribution in [3.8, 4) is 0 Å². The van der Waals surface area contributed by atoms with Crippen LogP contribution in [0.2, 0.25) is 0 Å². The second-order valence-corrected chi connectivity index (χ2v) is 9.23. The number of thioether (sulfide) groups is 1. The Morgan fingerprint density at radius 1 is 1.29 bits per heavy atom. The molecule has 0 saturated carbocycles. The van der Waals surface area contributed by atoms with Gasteiger partial charge in [0.1, 0.15) is 0 Å². The van der Waals surface area contributed by atoms with Crippen LogP contribution in [0.4, 0.5) is 0 Å². The van der Waals surface area contributed by atoms with Crippen molar-refractivity contribution >= 4 is 22.0 Å². The highest BCUT2D eigenvalue weighted by molar-refractivity contribution is 7.99. The molecule has 1 atom stereocenters. The fourth-order valence-corrected chi connectivity index (χ4v) is 5.96. The Bertz CT molecular complexity index is 402. The molecule has 0 aromatic rings. The van der Waals surface area contributed by atoms with E-state index in [1.807, 2.05) is 11.8 Å². The van der Waals surface area contributed by atoms with Gasteiger partial charge in [0.25, 0.3) is 10.2 Å². The first-order valence-corrected chi connectivity index (χ1v) is 10.6. The van der Waals surface area contributed by atoms with Crippen LogP contribution in [-0.2, 0) is 10.2 Å². The van der Waals surface area contributed by atoms with E-state index in [9.17, 15) is 8.42 Å². The maximum absolute atomic E-state index is 12.7. The summed E-state index contributed by atoms with van der Waals surface area (Å²) < 4.78 is 28.6. The summed E-state index contributed by atoms with van der Waals surface area (Å²) in [5.41, 5.74) is 0. The highest BCUT2D eigenvalue weighted by Gasteiger charge is 2.35. The smallest absolute Gasteiger partial charge is 0.282 e. The summed E-state index contributed by atoms with van der Waals surface area (Å²) in [6, 6.07) is 0.184. The van der Waals surface area contributed by atoms with Gasteiger partial charge >= 0.3 is 0 Å². The highest BCUT2D eigenvalue weighted by atomic mass is 32.2. The Balaban J connectivity index is 1.82. The van der Waals surface area contributed by atoms with Gasteiger partial charge in [-0.3, -0.25) is 0 Å². The molecular formula is C14H29N3O2S2. The van der Waals surface area contributed by atoms with Crippen molar-refractivity contribution in [1.29, 1.82) is 0 Å². The molecule has 7 heteroatoms. The van der Waals surface area contributed by atoms with E-state index >= 15 is 0 Å². The lowest BCUT2D eigenvalue weighted by molar-refractivity contribution is 0.247. The minimum Gasteiger partial charge on any atom is -0.316 e. The van der Waals surface area contributed by atoms with Crippen molar-refractivity contribution in [2.45, 2.75) is 38.6 Å². The molecule has 124 valence electrons. The van der Waals surface area contributed by atoms with E-state index in [1.165, 1.54) is 0 Å². The predicted molar refractivity (Wildman–Crippen MR) is 89.9 cm³/mol. The third-order valence-corrected chi connectivity index (χ3v) is 7.73. The lowest BCUT2D eigenvalue weighted by Gasteiger charge is -2.35. The molecular weight excluding hydrogens is 306 g/mol. The van der Waals surface area contributed by atoms with Gasteiger partial charge in [0.05, 0.1) is 0 Å². The Morgan fingerprint density at radius 3 is 2.57 bits per heavy atom. The summed E-state index contributed by atoms with van der Waals surface area (Å²) in [6.45, 7) is 5.59. The van der Waals surface area contributed by atoms with E-state index in [2.05, 4.69) is 12.2 Å². The molecule has 0 spiro atoms. The molecule has 0 bridgehead atoms. The lowest BCUT2D eigenvalue weighted by Crippen LogP contribution is -2.49. The van der Waals surface area contributed by atoms with Crippen LogP contribution in [0.3, 0.4) is 0 Å². The van der Waals surface area contributed by atoms with E-state index < -0.39 is 10.2 Å². The van der Waals surface area contributed by atoms with Gasteiger partial charge in [-0.05, 0) is 50.4 Å². The van der Waals surface area contributed by atoms with Gasteiger partial charge in [0.15, 0.2) is 0 Å². The molecule has 2 rings (SSSR count). The normalized spacial score (nSPS) is 25.8. The number of rotatable bonds is 7. The molecule has 1 N–H and O–H groups in total. The van der Waals surface area contributed by atoms with Crippen molar-refractivity contribution < 1.29 is 8.42 Å². The molecule has 21 heavy (non-hydrogen) atoms. The second kappa shape index (κ2) is 8.15. The fourth-order valence-electron chi connectivity index (χ4n) is 3.01. The van der Waals surface area contributed by atoms with Crippen LogP contribution >= 0.6 is 11.8 Å².